The van der Waals surface area contributed by atoms with Crippen LogP contribution in [0, 0.1) is 11.6 Å². The molecule has 0 bridgehead atoms. The monoisotopic (exact) mass is 243 g/mol. The van der Waals surface area contributed by atoms with Crippen molar-refractivity contribution in [3.63, 3.8) is 0 Å². The minimum absolute atomic E-state index is 0.0616. The Morgan fingerprint density at radius 2 is 1.76 bits per heavy atom. The Morgan fingerprint density at radius 1 is 1.18 bits per heavy atom. The standard InChI is InChI=1S/C13H19F2NO/c1-2-9(3-4-13(16)8-17)10-5-11(14)7-12(15)6-10/h5-7,9,13,17H,2-4,8,16H2,1H3/t9?,13-/m0/s1. The van der Waals surface area contributed by atoms with Crippen molar-refractivity contribution in [1.29, 1.82) is 0 Å². The van der Waals surface area contributed by atoms with E-state index in [9.17, 15) is 8.78 Å². The van der Waals surface area contributed by atoms with Gasteiger partial charge in [0.2, 0.25) is 0 Å². The van der Waals surface area contributed by atoms with Gasteiger partial charge in [-0.15, -0.1) is 0 Å². The molecule has 3 N–H and O–H groups in total. The van der Waals surface area contributed by atoms with E-state index in [1.54, 1.807) is 0 Å². The Morgan fingerprint density at radius 3 is 2.24 bits per heavy atom. The summed E-state index contributed by atoms with van der Waals surface area (Å²) in [6.07, 6.45) is 2.16. The Balaban J connectivity index is 2.72. The van der Waals surface area contributed by atoms with E-state index in [4.69, 9.17) is 10.8 Å². The van der Waals surface area contributed by atoms with Crippen molar-refractivity contribution < 1.29 is 13.9 Å². The fourth-order valence-corrected chi connectivity index (χ4v) is 1.92. The van der Waals surface area contributed by atoms with Gasteiger partial charge in [0.1, 0.15) is 11.6 Å². The Hall–Kier alpha value is -1.00. The molecular weight excluding hydrogens is 224 g/mol. The number of nitrogens with two attached hydrogens (primary N) is 1. The maximum absolute atomic E-state index is 13.1. The van der Waals surface area contributed by atoms with Gasteiger partial charge < -0.3 is 10.8 Å². The lowest BCUT2D eigenvalue weighted by Crippen LogP contribution is -2.24. The van der Waals surface area contributed by atoms with Crippen molar-refractivity contribution in [2.75, 3.05) is 6.61 Å². The Labute approximate surface area is 100 Å². The van der Waals surface area contributed by atoms with E-state index >= 15 is 0 Å². The van der Waals surface area contributed by atoms with Crippen LogP contribution in [-0.2, 0) is 0 Å². The van der Waals surface area contributed by atoms with E-state index in [2.05, 4.69) is 0 Å². The zero-order valence-electron chi connectivity index (χ0n) is 10.00. The van der Waals surface area contributed by atoms with E-state index in [0.717, 1.165) is 18.9 Å². The molecule has 17 heavy (non-hydrogen) atoms. The first-order chi connectivity index (χ1) is 8.06. The summed E-state index contributed by atoms with van der Waals surface area (Å²) in [6.45, 7) is 1.91. The zero-order valence-corrected chi connectivity index (χ0v) is 10.00. The van der Waals surface area contributed by atoms with Crippen LogP contribution in [-0.4, -0.2) is 17.8 Å². The lowest BCUT2D eigenvalue weighted by molar-refractivity contribution is 0.255. The van der Waals surface area contributed by atoms with Crippen LogP contribution in [0.5, 0.6) is 0 Å². The van der Waals surface area contributed by atoms with Gasteiger partial charge in [0.05, 0.1) is 6.61 Å². The first kappa shape index (κ1) is 14.1. The van der Waals surface area contributed by atoms with Crippen molar-refractivity contribution in [3.05, 3.63) is 35.4 Å². The molecule has 1 aromatic carbocycles. The van der Waals surface area contributed by atoms with Gasteiger partial charge in [0, 0.05) is 12.1 Å². The van der Waals surface area contributed by atoms with Crippen LogP contribution in [0.15, 0.2) is 18.2 Å². The molecule has 1 unspecified atom stereocenters. The molecule has 0 aliphatic heterocycles. The van der Waals surface area contributed by atoms with Gasteiger partial charge in [0.15, 0.2) is 0 Å². The second kappa shape index (κ2) is 6.67. The number of halogens is 2. The van der Waals surface area contributed by atoms with Crippen LogP contribution in [0.4, 0.5) is 8.78 Å². The molecule has 1 aromatic rings. The predicted molar refractivity (Wildman–Crippen MR) is 63.7 cm³/mol. The molecule has 2 atom stereocenters. The van der Waals surface area contributed by atoms with Crippen LogP contribution in [0.1, 0.15) is 37.7 Å². The van der Waals surface area contributed by atoms with E-state index in [1.807, 2.05) is 6.92 Å². The van der Waals surface area contributed by atoms with Crippen molar-refractivity contribution in [3.8, 4) is 0 Å². The van der Waals surface area contributed by atoms with Crippen molar-refractivity contribution in [1.82, 2.24) is 0 Å². The fourth-order valence-electron chi connectivity index (χ4n) is 1.92. The highest BCUT2D eigenvalue weighted by Crippen LogP contribution is 2.26. The average Bonchev–Trinajstić information content (AvgIpc) is 2.28. The van der Waals surface area contributed by atoms with E-state index < -0.39 is 11.6 Å². The van der Waals surface area contributed by atoms with Crippen LogP contribution in [0.3, 0.4) is 0 Å². The molecule has 0 amide bonds. The van der Waals surface area contributed by atoms with Crippen molar-refractivity contribution in [2.45, 2.75) is 38.1 Å². The first-order valence-corrected chi connectivity index (χ1v) is 5.89. The molecule has 0 saturated heterocycles. The summed E-state index contributed by atoms with van der Waals surface area (Å²) in [5.74, 6) is -1.02. The summed E-state index contributed by atoms with van der Waals surface area (Å²) in [5.41, 5.74) is 6.28. The molecule has 0 heterocycles. The van der Waals surface area contributed by atoms with Crippen LogP contribution >= 0.6 is 0 Å². The molecule has 0 aliphatic rings. The number of aliphatic hydroxyl groups is 1. The third-order valence-electron chi connectivity index (χ3n) is 2.97. The molecule has 4 heteroatoms. The van der Waals surface area contributed by atoms with Gasteiger partial charge in [-0.1, -0.05) is 6.92 Å². The molecule has 0 fully saturated rings. The topological polar surface area (TPSA) is 46.2 Å². The van der Waals surface area contributed by atoms with Crippen LogP contribution in [0.2, 0.25) is 0 Å². The van der Waals surface area contributed by atoms with Gasteiger partial charge in [-0.3, -0.25) is 0 Å². The Bertz CT molecular complexity index is 337. The second-order valence-electron chi connectivity index (χ2n) is 4.33. The molecule has 0 aromatic heterocycles. The number of rotatable bonds is 6. The highest BCUT2D eigenvalue weighted by molar-refractivity contribution is 5.21. The van der Waals surface area contributed by atoms with E-state index in [0.29, 0.717) is 12.0 Å². The lowest BCUT2D eigenvalue weighted by Gasteiger charge is -2.17. The van der Waals surface area contributed by atoms with Gasteiger partial charge in [-0.25, -0.2) is 8.78 Å². The summed E-state index contributed by atoms with van der Waals surface area (Å²) in [4.78, 5) is 0. The minimum Gasteiger partial charge on any atom is -0.395 e. The molecule has 0 saturated carbocycles. The molecule has 1 rings (SSSR count). The maximum Gasteiger partial charge on any atom is 0.126 e. The fraction of sp³-hybridized carbons (Fsp3) is 0.538. The first-order valence-electron chi connectivity index (χ1n) is 5.89. The van der Waals surface area contributed by atoms with E-state index in [1.165, 1.54) is 12.1 Å². The summed E-state index contributed by atoms with van der Waals surface area (Å²) in [5, 5.41) is 8.83. The van der Waals surface area contributed by atoms with Crippen LogP contribution in [0.25, 0.3) is 0 Å². The number of hydrogen-bond acceptors (Lipinski definition) is 2. The number of hydrogen-bond donors (Lipinski definition) is 2. The summed E-state index contributed by atoms with van der Waals surface area (Å²) < 4.78 is 26.2. The minimum atomic E-state index is -0.551. The molecule has 0 aliphatic carbocycles. The molecular formula is C13H19F2NO. The molecule has 96 valence electrons. The van der Waals surface area contributed by atoms with E-state index in [-0.39, 0.29) is 18.6 Å². The maximum atomic E-state index is 13.1. The third-order valence-corrected chi connectivity index (χ3v) is 2.97. The highest BCUT2D eigenvalue weighted by atomic mass is 19.1. The predicted octanol–water partition coefficient (Wildman–Crippen LogP) is 2.56. The SMILES string of the molecule is CCC(CC[C@H](N)CO)c1cc(F)cc(F)c1. The lowest BCUT2D eigenvalue weighted by atomic mass is 9.90. The Kier molecular flexibility index (Phi) is 5.51. The normalized spacial score (nSPS) is 14.6. The summed E-state index contributed by atoms with van der Waals surface area (Å²) in [6, 6.07) is 3.33. The van der Waals surface area contributed by atoms with Crippen LogP contribution < -0.4 is 5.73 Å². The van der Waals surface area contributed by atoms with Crippen molar-refractivity contribution >= 4 is 0 Å². The molecule has 0 radical (unpaired) electrons. The molecule has 2 nitrogen and oxygen atoms in total. The second-order valence-corrected chi connectivity index (χ2v) is 4.33. The van der Waals surface area contributed by atoms with Gasteiger partial charge >= 0.3 is 0 Å². The average molecular weight is 243 g/mol. The van der Waals surface area contributed by atoms with Gasteiger partial charge in [0.25, 0.3) is 0 Å². The van der Waals surface area contributed by atoms with Crippen molar-refractivity contribution in [2.24, 2.45) is 5.73 Å². The third kappa shape index (κ3) is 4.40. The molecule has 0 spiro atoms. The largest absolute Gasteiger partial charge is 0.395 e. The number of benzene rings is 1. The smallest absolute Gasteiger partial charge is 0.126 e. The summed E-state index contributed by atoms with van der Waals surface area (Å²) >= 11 is 0. The quantitative estimate of drug-likeness (QED) is 0.806. The van der Waals surface area contributed by atoms with Gasteiger partial charge in [-0.05, 0) is 42.9 Å². The zero-order chi connectivity index (χ0) is 12.8. The van der Waals surface area contributed by atoms with Gasteiger partial charge in [-0.2, -0.15) is 0 Å². The summed E-state index contributed by atoms with van der Waals surface area (Å²) in [7, 11) is 0. The highest BCUT2D eigenvalue weighted by Gasteiger charge is 2.13. The number of aliphatic hydroxyl groups excluding tert-OH is 1.